The Balaban J connectivity index is 1.59. The molecule has 2 aromatic carbocycles. The lowest BCUT2D eigenvalue weighted by Crippen LogP contribution is -2.54. The zero-order valence-corrected chi connectivity index (χ0v) is 29.0. The van der Waals surface area contributed by atoms with Crippen molar-refractivity contribution in [3.63, 3.8) is 0 Å². The molecule has 2 aromatic heterocycles. The Morgan fingerprint density at radius 3 is 2.64 bits per heavy atom. The molecule has 0 unspecified atom stereocenters. The summed E-state index contributed by atoms with van der Waals surface area (Å²) in [6, 6.07) is 13.2. The molecule has 0 amide bonds. The molecule has 0 fully saturated rings. The molecule has 5 rings (SSSR count). The van der Waals surface area contributed by atoms with Crippen molar-refractivity contribution in [2.45, 2.75) is 87.1 Å². The van der Waals surface area contributed by atoms with Crippen LogP contribution in [-0.4, -0.2) is 44.0 Å². The number of nitrogens with two attached hydrogens (primary N) is 2. The van der Waals surface area contributed by atoms with E-state index in [0.29, 0.717) is 28.8 Å². The first-order valence-electron chi connectivity index (χ1n) is 15.9. The minimum atomic E-state index is -1.18. The number of fused-ring (bicyclic) bond motifs is 5. The highest BCUT2D eigenvalue weighted by Gasteiger charge is 2.43. The number of nitrogens with one attached hydrogen (secondary N) is 1. The van der Waals surface area contributed by atoms with E-state index in [-0.39, 0.29) is 28.1 Å². The number of benzene rings is 2. The number of halogens is 2. The number of aliphatic imine (C=N–C) groups is 1. The van der Waals surface area contributed by atoms with Gasteiger partial charge in [-0.1, -0.05) is 63.2 Å². The van der Waals surface area contributed by atoms with Gasteiger partial charge in [0.1, 0.15) is 17.2 Å². The first-order chi connectivity index (χ1) is 22.2. The van der Waals surface area contributed by atoms with E-state index in [1.54, 1.807) is 30.6 Å². The van der Waals surface area contributed by atoms with Crippen LogP contribution in [0.4, 0.5) is 8.78 Å². The number of pyridine rings is 1. The number of carboxylic acid groups (broad SMARTS) is 1. The molecule has 3 heterocycles. The van der Waals surface area contributed by atoms with E-state index < -0.39 is 28.7 Å². The van der Waals surface area contributed by atoms with Gasteiger partial charge in [0.25, 0.3) is 0 Å². The van der Waals surface area contributed by atoms with E-state index in [1.807, 2.05) is 43.0 Å². The molecule has 0 aliphatic carbocycles. The molecule has 47 heavy (non-hydrogen) atoms. The Morgan fingerprint density at radius 1 is 1.09 bits per heavy atom. The van der Waals surface area contributed by atoms with Gasteiger partial charge >= 0.3 is 5.97 Å². The number of H-pyrrole nitrogens is 1. The summed E-state index contributed by atoms with van der Waals surface area (Å²) in [6.45, 7) is 8.46. The molecule has 0 saturated heterocycles. The summed E-state index contributed by atoms with van der Waals surface area (Å²) in [6.07, 6.45) is 6.78. The Kier molecular flexibility index (Phi) is 10.4. The summed E-state index contributed by atoms with van der Waals surface area (Å²) < 4.78 is 30.9. The summed E-state index contributed by atoms with van der Waals surface area (Å²) >= 11 is 2.97. The van der Waals surface area contributed by atoms with Crippen LogP contribution < -0.4 is 11.5 Å². The fourth-order valence-corrected chi connectivity index (χ4v) is 8.55. The number of hydrogen-bond donors (Lipinski definition) is 4. The van der Waals surface area contributed by atoms with Crippen molar-refractivity contribution < 1.29 is 18.7 Å². The molecule has 11 heteroatoms. The van der Waals surface area contributed by atoms with Crippen LogP contribution in [0.3, 0.4) is 0 Å². The van der Waals surface area contributed by atoms with Gasteiger partial charge in [-0.3, -0.25) is 9.78 Å². The minimum absolute atomic E-state index is 0.00401. The van der Waals surface area contributed by atoms with Gasteiger partial charge in [0.2, 0.25) is 0 Å². The fraction of sp³-hybridized carbons (Fsp3) is 0.417. The molecule has 0 radical (unpaired) electrons. The molecule has 0 spiro atoms. The molecule has 7 nitrogen and oxygen atoms in total. The van der Waals surface area contributed by atoms with Gasteiger partial charge in [0.15, 0.2) is 11.6 Å². The average Bonchev–Trinajstić information content (AvgIpc) is 3.51. The SMILES string of the molecule is CC1(C)CCC[C@](C)(c2cccc(CCC(=O)O)c2)[C@](C)(N)/N=C(\N)c2cc(ccn2)Sc2c(F)c(F)c3[nH]ccc3c2CCSC1. The second-order valence-corrected chi connectivity index (χ2v) is 15.8. The van der Waals surface area contributed by atoms with Crippen LogP contribution in [0.25, 0.3) is 10.9 Å². The van der Waals surface area contributed by atoms with Crippen molar-refractivity contribution in [1.82, 2.24) is 9.97 Å². The first-order valence-corrected chi connectivity index (χ1v) is 17.8. The number of aryl methyl sites for hydroxylation is 2. The normalized spacial score (nSPS) is 23.7. The van der Waals surface area contributed by atoms with Gasteiger partial charge in [-0.05, 0) is 84.4 Å². The maximum absolute atomic E-state index is 15.7. The lowest BCUT2D eigenvalue weighted by atomic mass is 9.68. The molecule has 4 aromatic rings. The van der Waals surface area contributed by atoms with Crippen LogP contribution in [-0.2, 0) is 23.1 Å². The Morgan fingerprint density at radius 2 is 1.87 bits per heavy atom. The summed E-state index contributed by atoms with van der Waals surface area (Å²) in [5.74, 6) is -0.832. The molecular formula is C36H43F2N5O2S2. The summed E-state index contributed by atoms with van der Waals surface area (Å²) in [7, 11) is 0. The van der Waals surface area contributed by atoms with E-state index in [2.05, 4.69) is 30.7 Å². The lowest BCUT2D eigenvalue weighted by Gasteiger charge is -2.43. The number of nitrogens with zero attached hydrogens (tertiary/aromatic N) is 2. The van der Waals surface area contributed by atoms with Crippen LogP contribution >= 0.6 is 23.5 Å². The van der Waals surface area contributed by atoms with E-state index in [9.17, 15) is 9.90 Å². The van der Waals surface area contributed by atoms with Crippen LogP contribution in [0.1, 0.15) is 75.8 Å². The second kappa shape index (κ2) is 14.0. The summed E-state index contributed by atoms with van der Waals surface area (Å²) in [4.78, 5) is 24.4. The highest BCUT2D eigenvalue weighted by atomic mass is 32.2. The lowest BCUT2D eigenvalue weighted by molar-refractivity contribution is -0.136. The molecule has 250 valence electrons. The van der Waals surface area contributed by atoms with E-state index in [1.165, 1.54) is 0 Å². The quantitative estimate of drug-likeness (QED) is 0.173. The third kappa shape index (κ3) is 7.68. The summed E-state index contributed by atoms with van der Waals surface area (Å²) in [5, 5.41) is 9.94. The van der Waals surface area contributed by atoms with Crippen molar-refractivity contribution >= 4 is 46.2 Å². The van der Waals surface area contributed by atoms with E-state index in [0.717, 1.165) is 59.2 Å². The molecule has 2 atom stereocenters. The van der Waals surface area contributed by atoms with Crippen LogP contribution in [0.2, 0.25) is 0 Å². The van der Waals surface area contributed by atoms with Crippen molar-refractivity contribution in [2.24, 2.45) is 21.9 Å². The standard InChI is InChI=1S/C36H43F2N5O2S2/c1-34(2)14-6-15-35(3,23-8-5-7-22(19-23)9-10-28(44)45)36(4,40)43-33(39)27-20-24(11-16-41-27)47-32-26(13-18-46-21-34)25-12-17-42-31(25)29(37)30(32)38/h5,7-8,11-12,16-17,19-20,42H,6,9-10,13-15,18,21,40H2,1-4H3,(H2,39,43)(H,44,45)/t35-,36-/m1/s1. The van der Waals surface area contributed by atoms with E-state index >= 15 is 8.78 Å². The third-order valence-electron chi connectivity index (χ3n) is 9.35. The molecule has 6 N–H and O–H groups in total. The van der Waals surface area contributed by atoms with Crippen molar-refractivity contribution in [2.75, 3.05) is 11.5 Å². The van der Waals surface area contributed by atoms with Crippen LogP contribution in [0, 0.1) is 17.0 Å². The number of carbonyl (C=O) groups is 1. The number of aromatic nitrogens is 2. The van der Waals surface area contributed by atoms with Crippen molar-refractivity contribution in [3.05, 3.63) is 88.9 Å². The molecule has 2 bridgehead atoms. The zero-order valence-electron chi connectivity index (χ0n) is 27.3. The number of carboxylic acids is 1. The molecular weight excluding hydrogens is 637 g/mol. The minimum Gasteiger partial charge on any atom is -0.481 e. The van der Waals surface area contributed by atoms with Gasteiger partial charge < -0.3 is 21.6 Å². The number of thioether (sulfide) groups is 1. The van der Waals surface area contributed by atoms with Crippen LogP contribution in [0.5, 0.6) is 0 Å². The maximum atomic E-state index is 15.7. The number of hydrogen-bond acceptors (Lipinski definition) is 7. The molecule has 1 aliphatic heterocycles. The smallest absolute Gasteiger partial charge is 0.303 e. The Bertz CT molecular complexity index is 1810. The van der Waals surface area contributed by atoms with E-state index in [4.69, 9.17) is 16.5 Å². The number of rotatable bonds is 4. The zero-order chi connectivity index (χ0) is 34.0. The van der Waals surface area contributed by atoms with Gasteiger partial charge in [-0.2, -0.15) is 11.8 Å². The van der Waals surface area contributed by atoms with Gasteiger partial charge in [-0.15, -0.1) is 0 Å². The highest BCUT2D eigenvalue weighted by Crippen LogP contribution is 2.43. The highest BCUT2D eigenvalue weighted by molar-refractivity contribution is 7.99. The molecule has 0 saturated carbocycles. The predicted octanol–water partition coefficient (Wildman–Crippen LogP) is 7.83. The van der Waals surface area contributed by atoms with Gasteiger partial charge in [0.05, 0.1) is 10.4 Å². The topological polar surface area (TPSA) is 130 Å². The number of amidine groups is 1. The second-order valence-electron chi connectivity index (χ2n) is 13.6. The number of aromatic amines is 1. The Labute approximate surface area is 283 Å². The maximum Gasteiger partial charge on any atom is 0.303 e. The average molecular weight is 680 g/mol. The predicted molar refractivity (Wildman–Crippen MR) is 188 cm³/mol. The fourth-order valence-electron chi connectivity index (χ4n) is 6.31. The van der Waals surface area contributed by atoms with Crippen LogP contribution in [0.15, 0.2) is 69.6 Å². The molecule has 1 aliphatic rings. The number of aliphatic carboxylic acids is 1. The van der Waals surface area contributed by atoms with Crippen molar-refractivity contribution in [1.29, 1.82) is 0 Å². The summed E-state index contributed by atoms with van der Waals surface area (Å²) in [5.41, 5.74) is 15.1. The Hall–Kier alpha value is -3.41. The first kappa shape index (κ1) is 34.9. The van der Waals surface area contributed by atoms with Gasteiger partial charge in [-0.25, -0.2) is 13.8 Å². The van der Waals surface area contributed by atoms with Gasteiger partial charge in [0, 0.05) is 34.5 Å². The largest absolute Gasteiger partial charge is 0.481 e. The third-order valence-corrected chi connectivity index (χ3v) is 12.0. The monoisotopic (exact) mass is 679 g/mol. The van der Waals surface area contributed by atoms with Crippen molar-refractivity contribution in [3.8, 4) is 0 Å².